The first-order valence-corrected chi connectivity index (χ1v) is 14.9. The number of hydrogen-bond donors (Lipinski definition) is 0. The molecule has 0 bridgehead atoms. The number of fused-ring (bicyclic) bond motifs is 3. The molecule has 5 heterocycles. The minimum atomic E-state index is 0.139. The van der Waals surface area contributed by atoms with Gasteiger partial charge in [0.15, 0.2) is 5.82 Å². The second-order valence-corrected chi connectivity index (χ2v) is 11.3. The van der Waals surface area contributed by atoms with Crippen LogP contribution in [0, 0.1) is 0 Å². The first-order valence-electron chi connectivity index (χ1n) is 14.9. The zero-order valence-corrected chi connectivity index (χ0v) is 24.6. The summed E-state index contributed by atoms with van der Waals surface area (Å²) in [5.41, 5.74) is 4.55. The summed E-state index contributed by atoms with van der Waals surface area (Å²) in [6.07, 6.45) is 11.6. The monoisotopic (exact) mass is 580 g/mol. The number of hydrogen-bond acceptors (Lipinski definition) is 9. The van der Waals surface area contributed by atoms with E-state index in [0.717, 1.165) is 55.7 Å². The molecule has 5 aromatic rings. The number of anilines is 1. The minimum absolute atomic E-state index is 0.139. The molecule has 1 aromatic carbocycles. The van der Waals surface area contributed by atoms with Gasteiger partial charge in [0.1, 0.15) is 18.5 Å². The van der Waals surface area contributed by atoms with E-state index in [1.165, 1.54) is 21.8 Å². The molecule has 7 rings (SSSR count). The van der Waals surface area contributed by atoms with E-state index >= 15 is 0 Å². The van der Waals surface area contributed by atoms with Crippen molar-refractivity contribution < 1.29 is 18.9 Å². The van der Waals surface area contributed by atoms with E-state index in [9.17, 15) is 0 Å². The van der Waals surface area contributed by atoms with E-state index in [1.54, 1.807) is 13.3 Å². The topological polar surface area (TPSA) is 96.7 Å². The Bertz CT molecular complexity index is 1690. The summed E-state index contributed by atoms with van der Waals surface area (Å²) in [5, 5.41) is 10.8. The van der Waals surface area contributed by atoms with Crippen molar-refractivity contribution in [1.29, 1.82) is 0 Å². The second kappa shape index (κ2) is 12.1. The fraction of sp³-hybridized carbons (Fsp3) is 0.394. The minimum Gasteiger partial charge on any atom is -0.489 e. The lowest BCUT2D eigenvalue weighted by Crippen LogP contribution is -2.44. The van der Waals surface area contributed by atoms with Gasteiger partial charge in [-0.15, -0.1) is 5.10 Å². The second-order valence-electron chi connectivity index (χ2n) is 11.3. The number of pyridine rings is 2. The Morgan fingerprint density at radius 2 is 1.70 bits per heavy atom. The molecule has 10 heteroatoms. The zero-order chi connectivity index (χ0) is 29.2. The molecule has 10 nitrogen and oxygen atoms in total. The highest BCUT2D eigenvalue weighted by atomic mass is 16.5. The van der Waals surface area contributed by atoms with Crippen molar-refractivity contribution in [2.24, 2.45) is 7.05 Å². The molecule has 0 amide bonds. The van der Waals surface area contributed by atoms with Crippen molar-refractivity contribution in [1.82, 2.24) is 24.7 Å². The molecule has 2 fully saturated rings. The lowest BCUT2D eigenvalue weighted by atomic mass is 9.91. The van der Waals surface area contributed by atoms with Gasteiger partial charge >= 0.3 is 0 Å². The van der Waals surface area contributed by atoms with Gasteiger partial charge in [-0.1, -0.05) is 12.1 Å². The number of benzene rings is 1. The molecular weight excluding hydrogens is 544 g/mol. The molecule has 0 atom stereocenters. The first-order chi connectivity index (χ1) is 21.1. The molecule has 2 aliphatic rings. The number of aromatic nitrogens is 5. The highest BCUT2D eigenvalue weighted by molar-refractivity contribution is 6.08. The Labute approximate surface area is 250 Å². The van der Waals surface area contributed by atoms with Crippen LogP contribution in [0.15, 0.2) is 67.3 Å². The van der Waals surface area contributed by atoms with E-state index in [-0.39, 0.29) is 18.3 Å². The number of methoxy groups -OCH3 is 1. The highest BCUT2D eigenvalue weighted by Crippen LogP contribution is 2.33. The molecule has 0 N–H and O–H groups in total. The Hall–Kier alpha value is -4.28. The van der Waals surface area contributed by atoms with E-state index in [1.807, 2.05) is 30.7 Å². The molecular formula is C33H36N6O4. The van der Waals surface area contributed by atoms with Crippen LogP contribution in [0.4, 0.5) is 5.82 Å². The molecule has 1 saturated heterocycles. The molecule has 1 aliphatic carbocycles. The van der Waals surface area contributed by atoms with E-state index in [4.69, 9.17) is 18.9 Å². The average Bonchev–Trinajstić information content (AvgIpc) is 3.32. The maximum Gasteiger partial charge on any atom is 0.213 e. The Balaban J connectivity index is 0.879. The molecule has 4 aromatic heterocycles. The quantitative estimate of drug-likeness (QED) is 0.207. The fourth-order valence-corrected chi connectivity index (χ4v) is 6.06. The van der Waals surface area contributed by atoms with E-state index < -0.39 is 0 Å². The van der Waals surface area contributed by atoms with Gasteiger partial charge in [0, 0.05) is 92.7 Å². The summed E-state index contributed by atoms with van der Waals surface area (Å²) < 4.78 is 25.5. The average molecular weight is 581 g/mol. The SMILES string of the molecule is COCCOc1cnnc(N2CCC(O[C@H]3C[C@H](Oc4ccc(-c5ccc6c7cnccc7n(C)c6c5)cn4)C3)CC2)c1. The molecule has 1 saturated carbocycles. The zero-order valence-electron chi connectivity index (χ0n) is 24.6. The van der Waals surface area contributed by atoms with Crippen molar-refractivity contribution in [3.8, 4) is 22.8 Å². The fourth-order valence-electron chi connectivity index (χ4n) is 6.06. The van der Waals surface area contributed by atoms with Gasteiger partial charge in [0.2, 0.25) is 5.88 Å². The van der Waals surface area contributed by atoms with E-state index in [0.29, 0.717) is 24.8 Å². The third-order valence-corrected chi connectivity index (χ3v) is 8.54. The number of rotatable bonds is 10. The molecule has 0 spiro atoms. The Morgan fingerprint density at radius 3 is 2.51 bits per heavy atom. The largest absolute Gasteiger partial charge is 0.489 e. The number of aryl methyl sites for hydroxylation is 1. The molecule has 0 radical (unpaired) electrons. The van der Waals surface area contributed by atoms with Gasteiger partial charge in [-0.05, 0) is 36.6 Å². The maximum atomic E-state index is 6.40. The van der Waals surface area contributed by atoms with Gasteiger partial charge in [0.25, 0.3) is 0 Å². The molecule has 0 unspecified atom stereocenters. The van der Waals surface area contributed by atoms with Crippen LogP contribution in [0.3, 0.4) is 0 Å². The van der Waals surface area contributed by atoms with Crippen molar-refractivity contribution in [3.05, 3.63) is 67.3 Å². The van der Waals surface area contributed by atoms with Crippen LogP contribution < -0.4 is 14.4 Å². The number of piperidine rings is 1. The van der Waals surface area contributed by atoms with Gasteiger partial charge < -0.3 is 28.4 Å². The highest BCUT2D eigenvalue weighted by Gasteiger charge is 2.35. The van der Waals surface area contributed by atoms with Crippen LogP contribution in [0.1, 0.15) is 25.7 Å². The van der Waals surface area contributed by atoms with E-state index in [2.05, 4.69) is 67.0 Å². The molecule has 1 aliphatic heterocycles. The van der Waals surface area contributed by atoms with Crippen molar-refractivity contribution in [2.75, 3.05) is 38.3 Å². The van der Waals surface area contributed by atoms with Crippen LogP contribution in [-0.2, 0) is 16.5 Å². The summed E-state index contributed by atoms with van der Waals surface area (Å²) in [6.45, 7) is 2.80. The number of nitrogens with zero attached hydrogens (tertiary/aromatic N) is 6. The Kier molecular flexibility index (Phi) is 7.78. The van der Waals surface area contributed by atoms with Crippen molar-refractivity contribution >= 4 is 27.6 Å². The predicted molar refractivity (Wildman–Crippen MR) is 165 cm³/mol. The van der Waals surface area contributed by atoms with Crippen LogP contribution >= 0.6 is 0 Å². The predicted octanol–water partition coefficient (Wildman–Crippen LogP) is 5.20. The summed E-state index contributed by atoms with van der Waals surface area (Å²) in [6, 6.07) is 14.6. The van der Waals surface area contributed by atoms with Gasteiger partial charge in [-0.2, -0.15) is 5.10 Å². The van der Waals surface area contributed by atoms with Crippen molar-refractivity contribution in [3.63, 3.8) is 0 Å². The van der Waals surface area contributed by atoms with Gasteiger partial charge in [-0.3, -0.25) is 4.98 Å². The first kappa shape index (κ1) is 27.5. The maximum absolute atomic E-state index is 6.40. The standard InChI is InChI=1S/C33H36N6O4/c1-38-30-7-10-34-21-29(30)28-5-3-22(15-31(28)38)23-4-6-33(35-19-23)43-26-16-25(17-26)42-24-8-11-39(12-9-24)32-18-27(20-36-37-32)41-14-13-40-2/h3-7,10,15,18-21,24-26H,8-9,11-14,16-17H2,1-2H3/t25-,26-. The van der Waals surface area contributed by atoms with Gasteiger partial charge in [-0.25, -0.2) is 4.98 Å². The van der Waals surface area contributed by atoms with Crippen LogP contribution in [0.2, 0.25) is 0 Å². The lowest BCUT2D eigenvalue weighted by Gasteiger charge is -2.39. The third kappa shape index (κ3) is 5.85. The van der Waals surface area contributed by atoms with Crippen LogP contribution in [0.25, 0.3) is 32.9 Å². The summed E-state index contributed by atoms with van der Waals surface area (Å²) >= 11 is 0. The third-order valence-electron chi connectivity index (χ3n) is 8.54. The smallest absolute Gasteiger partial charge is 0.213 e. The van der Waals surface area contributed by atoms with Crippen LogP contribution in [0.5, 0.6) is 11.6 Å². The lowest BCUT2D eigenvalue weighted by molar-refractivity contribution is -0.102. The van der Waals surface area contributed by atoms with Crippen molar-refractivity contribution in [2.45, 2.75) is 44.0 Å². The normalized spacial score (nSPS) is 19.1. The summed E-state index contributed by atoms with van der Waals surface area (Å²) in [5.74, 6) is 2.22. The molecule has 43 heavy (non-hydrogen) atoms. The number of ether oxygens (including phenoxy) is 4. The van der Waals surface area contributed by atoms with Gasteiger partial charge in [0.05, 0.1) is 30.5 Å². The Morgan fingerprint density at radius 1 is 0.837 bits per heavy atom. The molecule has 222 valence electrons. The summed E-state index contributed by atoms with van der Waals surface area (Å²) in [4.78, 5) is 11.2. The summed E-state index contributed by atoms with van der Waals surface area (Å²) in [7, 11) is 3.75. The van der Waals surface area contributed by atoms with Crippen LogP contribution in [-0.4, -0.2) is 76.5 Å².